The number of aromatic nitrogens is 3. The Labute approximate surface area is 156 Å². The molecule has 0 bridgehead atoms. The second kappa shape index (κ2) is 8.53. The minimum absolute atomic E-state index is 0.102. The monoisotopic (exact) mass is 368 g/mol. The van der Waals surface area contributed by atoms with Crippen molar-refractivity contribution in [2.75, 3.05) is 18.2 Å². The molecule has 0 fully saturated rings. The van der Waals surface area contributed by atoms with E-state index in [2.05, 4.69) is 27.6 Å². The van der Waals surface area contributed by atoms with Gasteiger partial charge in [-0.05, 0) is 24.6 Å². The molecule has 7 heteroatoms. The number of hydrogen-bond acceptors (Lipinski definition) is 5. The maximum absolute atomic E-state index is 12.2. The normalized spacial score (nSPS) is 10.5. The van der Waals surface area contributed by atoms with Crippen LogP contribution in [0, 0.1) is 6.92 Å². The number of benzene rings is 2. The van der Waals surface area contributed by atoms with Gasteiger partial charge in [-0.3, -0.25) is 4.79 Å². The summed E-state index contributed by atoms with van der Waals surface area (Å²) in [4.78, 5) is 12.2. The van der Waals surface area contributed by atoms with Gasteiger partial charge < -0.3 is 14.6 Å². The van der Waals surface area contributed by atoms with Gasteiger partial charge in [0.25, 0.3) is 0 Å². The van der Waals surface area contributed by atoms with Crippen molar-refractivity contribution < 1.29 is 9.53 Å². The van der Waals surface area contributed by atoms with Crippen LogP contribution in [0.4, 0.5) is 5.69 Å². The van der Waals surface area contributed by atoms with Crippen molar-refractivity contribution in [3.63, 3.8) is 0 Å². The van der Waals surface area contributed by atoms with Crippen molar-refractivity contribution >= 4 is 23.4 Å². The Balaban J connectivity index is 1.61. The molecule has 2 aromatic carbocycles. The number of carbonyl (C=O) groups is 1. The molecular formula is C19H20N4O2S. The fourth-order valence-corrected chi connectivity index (χ4v) is 3.23. The van der Waals surface area contributed by atoms with Crippen LogP contribution in [0.3, 0.4) is 0 Å². The van der Waals surface area contributed by atoms with Crippen molar-refractivity contribution in [3.8, 4) is 5.75 Å². The van der Waals surface area contributed by atoms with Gasteiger partial charge in [0.2, 0.25) is 5.91 Å². The molecule has 0 aliphatic carbocycles. The van der Waals surface area contributed by atoms with Gasteiger partial charge in [0.15, 0.2) is 5.16 Å². The van der Waals surface area contributed by atoms with Crippen LogP contribution in [0.15, 0.2) is 59.8 Å². The van der Waals surface area contributed by atoms with Crippen molar-refractivity contribution in [2.24, 2.45) is 0 Å². The topological polar surface area (TPSA) is 69.0 Å². The first-order chi connectivity index (χ1) is 12.7. The lowest BCUT2D eigenvalue weighted by Gasteiger charge is -2.09. The smallest absolute Gasteiger partial charge is 0.234 e. The molecule has 3 rings (SSSR count). The predicted molar refractivity (Wildman–Crippen MR) is 103 cm³/mol. The highest BCUT2D eigenvalue weighted by Gasteiger charge is 2.12. The fourth-order valence-electron chi connectivity index (χ4n) is 2.44. The maximum Gasteiger partial charge on any atom is 0.234 e. The van der Waals surface area contributed by atoms with E-state index >= 15 is 0 Å². The van der Waals surface area contributed by atoms with E-state index in [1.54, 1.807) is 13.2 Å². The van der Waals surface area contributed by atoms with Crippen LogP contribution in [0.5, 0.6) is 5.75 Å². The number of ether oxygens (including phenoxy) is 1. The van der Waals surface area contributed by atoms with Gasteiger partial charge in [-0.15, -0.1) is 10.2 Å². The molecule has 0 saturated carbocycles. The van der Waals surface area contributed by atoms with E-state index in [4.69, 9.17) is 4.74 Å². The average Bonchev–Trinajstić information content (AvgIpc) is 3.01. The van der Waals surface area contributed by atoms with Crippen LogP contribution in [0.1, 0.15) is 11.4 Å². The summed E-state index contributed by atoms with van der Waals surface area (Å²) in [6.07, 6.45) is 0. The lowest BCUT2D eigenvalue weighted by atomic mass is 10.2. The van der Waals surface area contributed by atoms with E-state index in [1.165, 1.54) is 11.8 Å². The Hall–Kier alpha value is -2.80. The zero-order chi connectivity index (χ0) is 18.4. The van der Waals surface area contributed by atoms with Gasteiger partial charge in [0, 0.05) is 11.8 Å². The third-order valence-electron chi connectivity index (χ3n) is 3.77. The summed E-state index contributed by atoms with van der Waals surface area (Å²) < 4.78 is 7.18. The number of methoxy groups -OCH3 is 1. The van der Waals surface area contributed by atoms with E-state index in [9.17, 15) is 4.79 Å². The number of hydrogen-bond donors (Lipinski definition) is 1. The second-order valence-corrected chi connectivity index (χ2v) is 6.61. The minimum Gasteiger partial charge on any atom is -0.497 e. The number of amides is 1. The fraction of sp³-hybridized carbons (Fsp3) is 0.211. The zero-order valence-corrected chi connectivity index (χ0v) is 15.5. The quantitative estimate of drug-likeness (QED) is 0.648. The van der Waals surface area contributed by atoms with Crippen molar-refractivity contribution in [1.29, 1.82) is 0 Å². The number of aryl methyl sites for hydroxylation is 1. The molecule has 1 aromatic heterocycles. The first kappa shape index (κ1) is 18.0. The van der Waals surface area contributed by atoms with Crippen LogP contribution in [0.2, 0.25) is 0 Å². The van der Waals surface area contributed by atoms with Crippen LogP contribution < -0.4 is 10.1 Å². The number of carbonyl (C=O) groups excluding carboxylic acids is 1. The molecular weight excluding hydrogens is 348 g/mol. The molecule has 0 saturated heterocycles. The first-order valence-electron chi connectivity index (χ1n) is 8.16. The first-order valence-corrected chi connectivity index (χ1v) is 9.14. The molecule has 0 aliphatic heterocycles. The Kier molecular flexibility index (Phi) is 5.91. The lowest BCUT2D eigenvalue weighted by molar-refractivity contribution is -0.113. The molecule has 134 valence electrons. The summed E-state index contributed by atoms with van der Waals surface area (Å²) in [7, 11) is 1.60. The Morgan fingerprint density at radius 1 is 1.15 bits per heavy atom. The summed E-state index contributed by atoms with van der Waals surface area (Å²) in [5.41, 5.74) is 1.87. The number of anilines is 1. The van der Waals surface area contributed by atoms with Crippen molar-refractivity contribution in [2.45, 2.75) is 18.6 Å². The minimum atomic E-state index is -0.102. The molecule has 26 heavy (non-hydrogen) atoms. The number of nitrogens with zero attached hydrogens (tertiary/aromatic N) is 3. The summed E-state index contributed by atoms with van der Waals surface area (Å²) in [6.45, 7) is 2.59. The second-order valence-electron chi connectivity index (χ2n) is 5.67. The maximum atomic E-state index is 12.2. The van der Waals surface area contributed by atoms with Gasteiger partial charge in [-0.1, -0.05) is 48.2 Å². The average molecular weight is 368 g/mol. The Morgan fingerprint density at radius 2 is 1.96 bits per heavy atom. The summed E-state index contributed by atoms with van der Waals surface area (Å²) >= 11 is 1.37. The number of nitrogens with one attached hydrogen (secondary N) is 1. The molecule has 0 atom stereocenters. The van der Waals surface area contributed by atoms with E-state index in [1.807, 2.05) is 47.9 Å². The summed E-state index contributed by atoms with van der Waals surface area (Å²) in [6, 6.07) is 17.4. The SMILES string of the molecule is COc1cccc(NC(=O)CSc2nnc(C)n2Cc2ccccc2)c1. The van der Waals surface area contributed by atoms with E-state index < -0.39 is 0 Å². The van der Waals surface area contributed by atoms with Crippen LogP contribution in [0.25, 0.3) is 0 Å². The molecule has 0 unspecified atom stereocenters. The highest BCUT2D eigenvalue weighted by Crippen LogP contribution is 2.20. The van der Waals surface area contributed by atoms with Gasteiger partial charge >= 0.3 is 0 Å². The number of thioether (sulfide) groups is 1. The summed E-state index contributed by atoms with van der Waals surface area (Å²) in [5.74, 6) is 1.68. The van der Waals surface area contributed by atoms with Crippen LogP contribution in [-0.2, 0) is 11.3 Å². The van der Waals surface area contributed by atoms with Crippen molar-refractivity contribution in [1.82, 2.24) is 14.8 Å². The Bertz CT molecular complexity index is 880. The summed E-state index contributed by atoms with van der Waals surface area (Å²) in [5, 5.41) is 11.9. The lowest BCUT2D eigenvalue weighted by Crippen LogP contribution is -2.15. The molecule has 1 amide bonds. The molecule has 3 aromatic rings. The van der Waals surface area contributed by atoms with E-state index in [-0.39, 0.29) is 11.7 Å². The largest absolute Gasteiger partial charge is 0.497 e. The van der Waals surface area contributed by atoms with Gasteiger partial charge in [-0.25, -0.2) is 0 Å². The van der Waals surface area contributed by atoms with Gasteiger partial charge in [-0.2, -0.15) is 0 Å². The van der Waals surface area contributed by atoms with E-state index in [0.717, 1.165) is 16.5 Å². The molecule has 0 spiro atoms. The van der Waals surface area contributed by atoms with Gasteiger partial charge in [0.05, 0.1) is 19.4 Å². The zero-order valence-electron chi connectivity index (χ0n) is 14.7. The highest BCUT2D eigenvalue weighted by molar-refractivity contribution is 7.99. The third kappa shape index (κ3) is 4.64. The third-order valence-corrected chi connectivity index (χ3v) is 4.74. The Morgan fingerprint density at radius 3 is 2.73 bits per heavy atom. The number of rotatable bonds is 7. The molecule has 0 radical (unpaired) electrons. The van der Waals surface area contributed by atoms with Crippen LogP contribution in [-0.4, -0.2) is 33.5 Å². The molecule has 1 N–H and O–H groups in total. The predicted octanol–water partition coefficient (Wildman–Crippen LogP) is 3.37. The molecule has 6 nitrogen and oxygen atoms in total. The molecule has 0 aliphatic rings. The standard InChI is InChI=1S/C19H20N4O2S/c1-14-21-22-19(23(14)12-15-7-4-3-5-8-15)26-13-18(24)20-16-9-6-10-17(11-16)25-2/h3-11H,12-13H2,1-2H3,(H,20,24). The molecule has 1 heterocycles. The van der Waals surface area contributed by atoms with Crippen LogP contribution >= 0.6 is 11.8 Å². The highest BCUT2D eigenvalue weighted by atomic mass is 32.2. The van der Waals surface area contributed by atoms with E-state index in [0.29, 0.717) is 18.0 Å². The van der Waals surface area contributed by atoms with Crippen molar-refractivity contribution in [3.05, 3.63) is 66.0 Å². The van der Waals surface area contributed by atoms with Gasteiger partial charge in [0.1, 0.15) is 11.6 Å².